The van der Waals surface area contributed by atoms with Crippen LogP contribution in [0.1, 0.15) is 17.3 Å². The molecule has 0 saturated heterocycles. The zero-order valence-corrected chi connectivity index (χ0v) is 15.4. The fourth-order valence-corrected chi connectivity index (χ4v) is 3.00. The van der Waals surface area contributed by atoms with Gasteiger partial charge in [-0.2, -0.15) is 0 Å². The molecule has 2 rings (SSSR count). The number of nitro benzene ring substituents is 1. The van der Waals surface area contributed by atoms with E-state index in [2.05, 4.69) is 5.32 Å². The van der Waals surface area contributed by atoms with Crippen molar-refractivity contribution in [3.8, 4) is 0 Å². The third-order valence-electron chi connectivity index (χ3n) is 3.51. The summed E-state index contributed by atoms with van der Waals surface area (Å²) in [5, 5.41) is 13.0. The van der Waals surface area contributed by atoms with Crippen LogP contribution in [-0.2, 0) is 4.79 Å². The number of benzene rings is 2. The Hall–Kier alpha value is -2.87. The Bertz CT molecular complexity index is 821. The second-order valence-electron chi connectivity index (χ2n) is 5.78. The molecule has 1 N–H and O–H groups in total. The normalized spacial score (nSPS) is 11.5. The first-order chi connectivity index (χ1) is 12.3. The van der Waals surface area contributed by atoms with E-state index in [4.69, 9.17) is 0 Å². The second kappa shape index (κ2) is 8.48. The van der Waals surface area contributed by atoms with Crippen LogP contribution in [0, 0.1) is 10.1 Å². The summed E-state index contributed by atoms with van der Waals surface area (Å²) in [6.07, 6.45) is 0. The number of rotatable bonds is 6. The van der Waals surface area contributed by atoms with Gasteiger partial charge in [-0.05, 0) is 37.3 Å². The van der Waals surface area contributed by atoms with Gasteiger partial charge in [-0.25, -0.2) is 0 Å². The van der Waals surface area contributed by atoms with Crippen molar-refractivity contribution in [2.24, 2.45) is 0 Å². The molecule has 0 heterocycles. The zero-order chi connectivity index (χ0) is 19.3. The molecule has 0 fully saturated rings. The number of thioether (sulfide) groups is 1. The summed E-state index contributed by atoms with van der Waals surface area (Å²) in [6.45, 7) is 1.75. The van der Waals surface area contributed by atoms with Crippen LogP contribution in [0.25, 0.3) is 0 Å². The average molecular weight is 373 g/mol. The van der Waals surface area contributed by atoms with Gasteiger partial charge in [0.05, 0.1) is 10.2 Å². The maximum atomic E-state index is 12.4. The molecular weight excluding hydrogens is 354 g/mol. The van der Waals surface area contributed by atoms with Crippen molar-refractivity contribution < 1.29 is 14.5 Å². The number of anilines is 1. The third kappa shape index (κ3) is 5.06. The topological polar surface area (TPSA) is 92.5 Å². The molecule has 0 spiro atoms. The predicted octanol–water partition coefficient (Wildman–Crippen LogP) is 3.42. The van der Waals surface area contributed by atoms with Gasteiger partial charge in [-0.3, -0.25) is 19.7 Å². The minimum Gasteiger partial charge on any atom is -0.345 e. The van der Waals surface area contributed by atoms with Crippen LogP contribution < -0.4 is 5.32 Å². The average Bonchev–Trinajstić information content (AvgIpc) is 2.61. The van der Waals surface area contributed by atoms with Gasteiger partial charge in [0, 0.05) is 42.4 Å². The molecule has 2 amide bonds. The Morgan fingerprint density at radius 1 is 1.15 bits per heavy atom. The highest BCUT2D eigenvalue weighted by atomic mass is 32.2. The molecule has 7 nitrogen and oxygen atoms in total. The summed E-state index contributed by atoms with van der Waals surface area (Å²) in [7, 11) is 3.33. The van der Waals surface area contributed by atoms with Crippen molar-refractivity contribution in [1.29, 1.82) is 0 Å². The summed E-state index contributed by atoms with van der Waals surface area (Å²) in [4.78, 5) is 36.8. The fraction of sp³-hybridized carbons (Fsp3) is 0.222. The van der Waals surface area contributed by atoms with Gasteiger partial charge >= 0.3 is 0 Å². The predicted molar refractivity (Wildman–Crippen MR) is 102 cm³/mol. The van der Waals surface area contributed by atoms with Crippen LogP contribution in [0.2, 0.25) is 0 Å². The Morgan fingerprint density at radius 3 is 2.38 bits per heavy atom. The lowest BCUT2D eigenvalue weighted by Gasteiger charge is -2.14. The SMILES string of the molecule is CC(Sc1ccc([N+](=O)[O-])cc1)C(=O)Nc1cccc(C(=O)N(C)C)c1. The molecule has 0 aliphatic rings. The number of hydrogen-bond donors (Lipinski definition) is 1. The van der Waals surface area contributed by atoms with E-state index >= 15 is 0 Å². The molecule has 26 heavy (non-hydrogen) atoms. The van der Waals surface area contributed by atoms with Gasteiger partial charge in [0.1, 0.15) is 0 Å². The van der Waals surface area contributed by atoms with E-state index in [0.29, 0.717) is 11.3 Å². The summed E-state index contributed by atoms with van der Waals surface area (Å²) >= 11 is 1.30. The van der Waals surface area contributed by atoms with Crippen LogP contribution in [0.15, 0.2) is 53.4 Å². The summed E-state index contributed by atoms with van der Waals surface area (Å²) in [5.41, 5.74) is 1.04. The molecule has 8 heteroatoms. The molecule has 2 aromatic carbocycles. The Kier molecular flexibility index (Phi) is 6.35. The molecule has 0 aliphatic carbocycles. The fourth-order valence-electron chi connectivity index (χ4n) is 2.14. The molecule has 0 saturated carbocycles. The van der Waals surface area contributed by atoms with Crippen LogP contribution in [0.4, 0.5) is 11.4 Å². The number of nitrogens with zero attached hydrogens (tertiary/aromatic N) is 2. The highest BCUT2D eigenvalue weighted by Gasteiger charge is 2.16. The first-order valence-electron chi connectivity index (χ1n) is 7.81. The number of non-ortho nitro benzene ring substituents is 1. The third-order valence-corrected chi connectivity index (χ3v) is 4.62. The maximum absolute atomic E-state index is 12.4. The first-order valence-corrected chi connectivity index (χ1v) is 8.69. The molecule has 0 aliphatic heterocycles. The molecule has 1 unspecified atom stereocenters. The van der Waals surface area contributed by atoms with Crippen molar-refractivity contribution in [3.63, 3.8) is 0 Å². The number of carbonyl (C=O) groups excluding carboxylic acids is 2. The monoisotopic (exact) mass is 373 g/mol. The van der Waals surface area contributed by atoms with Crippen molar-refractivity contribution in [2.45, 2.75) is 17.1 Å². The maximum Gasteiger partial charge on any atom is 0.269 e. The minimum absolute atomic E-state index is 0.00817. The molecule has 0 radical (unpaired) electrons. The molecule has 136 valence electrons. The quantitative estimate of drug-likeness (QED) is 0.476. The van der Waals surface area contributed by atoms with Crippen molar-refractivity contribution >= 4 is 35.0 Å². The van der Waals surface area contributed by atoms with Gasteiger partial charge < -0.3 is 10.2 Å². The second-order valence-corrected chi connectivity index (χ2v) is 7.19. The Labute approximate surface area is 155 Å². The van der Waals surface area contributed by atoms with E-state index in [0.717, 1.165) is 4.90 Å². The highest BCUT2D eigenvalue weighted by molar-refractivity contribution is 8.00. The van der Waals surface area contributed by atoms with Crippen LogP contribution in [0.3, 0.4) is 0 Å². The van der Waals surface area contributed by atoms with E-state index in [1.54, 1.807) is 57.4 Å². The minimum atomic E-state index is -0.466. The first kappa shape index (κ1) is 19.5. The standard InChI is InChI=1S/C18H19N3O4S/c1-12(26-16-9-7-15(8-10-16)21(24)25)17(22)19-14-6-4-5-13(11-14)18(23)20(2)3/h4-12H,1-3H3,(H,19,22). The smallest absolute Gasteiger partial charge is 0.269 e. The van der Waals surface area contributed by atoms with Gasteiger partial charge in [0.15, 0.2) is 0 Å². The molecule has 0 aromatic heterocycles. The van der Waals surface area contributed by atoms with E-state index in [1.807, 2.05) is 0 Å². The largest absolute Gasteiger partial charge is 0.345 e. The number of nitrogens with one attached hydrogen (secondary N) is 1. The lowest BCUT2D eigenvalue weighted by Crippen LogP contribution is -2.24. The summed E-state index contributed by atoms with van der Waals surface area (Å²) in [6, 6.07) is 12.8. The van der Waals surface area contributed by atoms with Crippen LogP contribution >= 0.6 is 11.8 Å². The number of carbonyl (C=O) groups is 2. The highest BCUT2D eigenvalue weighted by Crippen LogP contribution is 2.26. The van der Waals surface area contributed by atoms with E-state index in [-0.39, 0.29) is 17.5 Å². The lowest BCUT2D eigenvalue weighted by atomic mass is 10.2. The lowest BCUT2D eigenvalue weighted by molar-refractivity contribution is -0.384. The van der Waals surface area contributed by atoms with Crippen molar-refractivity contribution in [2.75, 3.05) is 19.4 Å². The number of hydrogen-bond acceptors (Lipinski definition) is 5. The molecule has 0 bridgehead atoms. The van der Waals surface area contributed by atoms with Gasteiger partial charge in [0.25, 0.3) is 11.6 Å². The Morgan fingerprint density at radius 2 is 1.81 bits per heavy atom. The van der Waals surface area contributed by atoms with Crippen molar-refractivity contribution in [1.82, 2.24) is 4.90 Å². The number of nitro groups is 1. The summed E-state index contributed by atoms with van der Waals surface area (Å²) < 4.78 is 0. The zero-order valence-electron chi connectivity index (χ0n) is 14.6. The van der Waals surface area contributed by atoms with Crippen molar-refractivity contribution in [3.05, 3.63) is 64.2 Å². The number of amides is 2. The summed E-state index contributed by atoms with van der Waals surface area (Å²) in [5.74, 6) is -0.364. The van der Waals surface area contributed by atoms with Crippen LogP contribution in [0.5, 0.6) is 0 Å². The van der Waals surface area contributed by atoms with E-state index in [1.165, 1.54) is 28.8 Å². The van der Waals surface area contributed by atoms with Crippen LogP contribution in [-0.4, -0.2) is 41.0 Å². The van der Waals surface area contributed by atoms with E-state index in [9.17, 15) is 19.7 Å². The Balaban J connectivity index is 2.01. The molecule has 2 aromatic rings. The van der Waals surface area contributed by atoms with E-state index < -0.39 is 10.2 Å². The molecule has 1 atom stereocenters. The van der Waals surface area contributed by atoms with Gasteiger partial charge in [0.2, 0.25) is 5.91 Å². The van der Waals surface area contributed by atoms with Gasteiger partial charge in [-0.1, -0.05) is 6.07 Å². The molecular formula is C18H19N3O4S. The van der Waals surface area contributed by atoms with Gasteiger partial charge in [-0.15, -0.1) is 11.8 Å².